The molecule has 19 heavy (non-hydrogen) atoms. The quantitative estimate of drug-likeness (QED) is 0.882. The maximum absolute atomic E-state index is 11.9. The second-order valence-electron chi connectivity index (χ2n) is 4.85. The zero-order chi connectivity index (χ0) is 13.8. The maximum Gasteiger partial charge on any atom is 0.224 e. The van der Waals surface area contributed by atoms with Gasteiger partial charge in [0.25, 0.3) is 0 Å². The molecule has 0 radical (unpaired) electrons. The highest BCUT2D eigenvalue weighted by molar-refractivity contribution is 5.79. The van der Waals surface area contributed by atoms with Crippen LogP contribution in [0, 0.1) is 20.8 Å². The van der Waals surface area contributed by atoms with Crippen LogP contribution in [0.4, 0.5) is 0 Å². The molecule has 100 valence electrons. The van der Waals surface area contributed by atoms with E-state index in [4.69, 9.17) is 0 Å². The number of aromatic amines is 1. The number of aromatic nitrogens is 2. The van der Waals surface area contributed by atoms with Crippen molar-refractivity contribution in [2.45, 2.75) is 33.7 Å². The number of rotatable bonds is 4. The van der Waals surface area contributed by atoms with Crippen molar-refractivity contribution < 1.29 is 4.79 Å². The number of nitrogens with one attached hydrogen (secondary N) is 2. The lowest BCUT2D eigenvalue weighted by Gasteiger charge is -2.06. The fourth-order valence-corrected chi connectivity index (χ4v) is 1.96. The Morgan fingerprint density at radius 3 is 2.47 bits per heavy atom. The van der Waals surface area contributed by atoms with Gasteiger partial charge in [-0.2, -0.15) is 5.10 Å². The normalized spacial score (nSPS) is 10.5. The summed E-state index contributed by atoms with van der Waals surface area (Å²) in [4.78, 5) is 11.9. The van der Waals surface area contributed by atoms with E-state index in [1.54, 1.807) is 0 Å². The van der Waals surface area contributed by atoms with Crippen LogP contribution in [0.25, 0.3) is 0 Å². The number of hydrogen-bond acceptors (Lipinski definition) is 2. The van der Waals surface area contributed by atoms with Crippen LogP contribution < -0.4 is 5.32 Å². The van der Waals surface area contributed by atoms with E-state index in [1.165, 1.54) is 5.56 Å². The van der Waals surface area contributed by atoms with Gasteiger partial charge < -0.3 is 5.32 Å². The third-order valence-electron chi connectivity index (χ3n) is 3.23. The molecule has 1 aromatic carbocycles. The average molecular weight is 257 g/mol. The molecule has 0 saturated carbocycles. The van der Waals surface area contributed by atoms with E-state index >= 15 is 0 Å². The van der Waals surface area contributed by atoms with Crippen molar-refractivity contribution in [2.75, 3.05) is 0 Å². The molecule has 0 fully saturated rings. The van der Waals surface area contributed by atoms with Gasteiger partial charge in [0.05, 0.1) is 12.1 Å². The van der Waals surface area contributed by atoms with Gasteiger partial charge in [0.1, 0.15) is 0 Å². The number of nitrogens with zero attached hydrogens (tertiary/aromatic N) is 1. The number of hydrogen-bond donors (Lipinski definition) is 2. The van der Waals surface area contributed by atoms with Gasteiger partial charge in [0.15, 0.2) is 0 Å². The minimum Gasteiger partial charge on any atom is -0.352 e. The zero-order valence-electron chi connectivity index (χ0n) is 11.6. The van der Waals surface area contributed by atoms with E-state index in [0.29, 0.717) is 13.0 Å². The molecule has 0 aliphatic rings. The summed E-state index contributed by atoms with van der Waals surface area (Å²) >= 11 is 0. The highest BCUT2D eigenvalue weighted by Gasteiger charge is 2.10. The largest absolute Gasteiger partial charge is 0.352 e. The Morgan fingerprint density at radius 2 is 1.89 bits per heavy atom. The number of amides is 1. The van der Waals surface area contributed by atoms with E-state index < -0.39 is 0 Å². The van der Waals surface area contributed by atoms with E-state index in [-0.39, 0.29) is 5.91 Å². The minimum absolute atomic E-state index is 0.0215. The Morgan fingerprint density at radius 1 is 1.21 bits per heavy atom. The Balaban J connectivity index is 1.90. The van der Waals surface area contributed by atoms with Crippen LogP contribution in [0.3, 0.4) is 0 Å². The third kappa shape index (κ3) is 3.44. The summed E-state index contributed by atoms with van der Waals surface area (Å²) < 4.78 is 0. The van der Waals surface area contributed by atoms with Gasteiger partial charge in [0.2, 0.25) is 5.91 Å². The molecule has 0 atom stereocenters. The van der Waals surface area contributed by atoms with Crippen LogP contribution >= 0.6 is 0 Å². The molecule has 0 unspecified atom stereocenters. The predicted molar refractivity (Wildman–Crippen MR) is 74.8 cm³/mol. The fraction of sp³-hybridized carbons (Fsp3) is 0.333. The van der Waals surface area contributed by atoms with Gasteiger partial charge in [-0.3, -0.25) is 9.89 Å². The number of carbonyl (C=O) groups is 1. The Hall–Kier alpha value is -2.10. The van der Waals surface area contributed by atoms with Crippen LogP contribution in [0.1, 0.15) is 28.1 Å². The zero-order valence-corrected chi connectivity index (χ0v) is 11.6. The number of H-pyrrole nitrogens is 1. The highest BCUT2D eigenvalue weighted by atomic mass is 16.1. The summed E-state index contributed by atoms with van der Waals surface area (Å²) in [6.07, 6.45) is 0.375. The Kier molecular flexibility index (Phi) is 4.00. The molecule has 0 saturated heterocycles. The maximum atomic E-state index is 11.9. The molecule has 2 aromatic rings. The molecule has 0 bridgehead atoms. The summed E-state index contributed by atoms with van der Waals surface area (Å²) in [5, 5.41) is 9.92. The first-order valence-corrected chi connectivity index (χ1v) is 6.39. The minimum atomic E-state index is 0.0215. The first kappa shape index (κ1) is 13.3. The van der Waals surface area contributed by atoms with Crippen molar-refractivity contribution in [3.8, 4) is 0 Å². The molecule has 2 rings (SSSR count). The SMILES string of the molecule is Cc1ccc(CNC(=O)Cc2c(C)n[nH]c2C)cc1. The predicted octanol–water partition coefficient (Wildman–Crippen LogP) is 2.19. The van der Waals surface area contributed by atoms with Gasteiger partial charge >= 0.3 is 0 Å². The van der Waals surface area contributed by atoms with Crippen molar-refractivity contribution in [1.82, 2.24) is 15.5 Å². The van der Waals surface area contributed by atoms with Crippen molar-refractivity contribution in [1.29, 1.82) is 0 Å². The van der Waals surface area contributed by atoms with Crippen LogP contribution in [-0.2, 0) is 17.8 Å². The van der Waals surface area contributed by atoms with Crippen LogP contribution in [0.5, 0.6) is 0 Å². The topological polar surface area (TPSA) is 57.8 Å². The van der Waals surface area contributed by atoms with Crippen molar-refractivity contribution in [2.24, 2.45) is 0 Å². The fourth-order valence-electron chi connectivity index (χ4n) is 1.96. The van der Waals surface area contributed by atoms with Crippen molar-refractivity contribution >= 4 is 5.91 Å². The summed E-state index contributed by atoms with van der Waals surface area (Å²) in [6.45, 7) is 6.45. The summed E-state index contributed by atoms with van der Waals surface area (Å²) in [5.74, 6) is 0.0215. The second kappa shape index (κ2) is 5.69. The van der Waals surface area contributed by atoms with Crippen molar-refractivity contribution in [3.63, 3.8) is 0 Å². The number of benzene rings is 1. The van der Waals surface area contributed by atoms with Gasteiger partial charge in [-0.05, 0) is 26.3 Å². The lowest BCUT2D eigenvalue weighted by atomic mass is 10.1. The molecule has 0 spiro atoms. The number of aryl methyl sites for hydroxylation is 3. The second-order valence-corrected chi connectivity index (χ2v) is 4.85. The smallest absolute Gasteiger partial charge is 0.224 e. The summed E-state index contributed by atoms with van der Waals surface area (Å²) in [6, 6.07) is 8.16. The van der Waals surface area contributed by atoms with Gasteiger partial charge in [-0.25, -0.2) is 0 Å². The Bertz CT molecular complexity index is 550. The molecule has 2 N–H and O–H groups in total. The lowest BCUT2D eigenvalue weighted by Crippen LogP contribution is -2.24. The van der Waals surface area contributed by atoms with Crippen LogP contribution in [0.2, 0.25) is 0 Å². The van der Waals surface area contributed by atoms with Gasteiger partial charge in [-0.1, -0.05) is 29.8 Å². The van der Waals surface area contributed by atoms with Crippen LogP contribution in [-0.4, -0.2) is 16.1 Å². The molecule has 4 heteroatoms. The first-order chi connectivity index (χ1) is 9.06. The molecule has 1 aromatic heterocycles. The van der Waals surface area contributed by atoms with Crippen LogP contribution in [0.15, 0.2) is 24.3 Å². The average Bonchev–Trinajstić information content (AvgIpc) is 2.70. The monoisotopic (exact) mass is 257 g/mol. The molecule has 1 amide bonds. The Labute approximate surface area is 113 Å². The molecular weight excluding hydrogens is 238 g/mol. The molecule has 1 heterocycles. The van der Waals surface area contributed by atoms with Gasteiger partial charge in [0, 0.05) is 17.8 Å². The van der Waals surface area contributed by atoms with E-state index in [0.717, 1.165) is 22.5 Å². The van der Waals surface area contributed by atoms with Gasteiger partial charge in [-0.15, -0.1) is 0 Å². The third-order valence-corrected chi connectivity index (χ3v) is 3.23. The first-order valence-electron chi connectivity index (χ1n) is 6.39. The summed E-state index contributed by atoms with van der Waals surface area (Å²) in [5.41, 5.74) is 5.17. The summed E-state index contributed by atoms with van der Waals surface area (Å²) in [7, 11) is 0. The molecule has 0 aliphatic heterocycles. The standard InChI is InChI=1S/C15H19N3O/c1-10-4-6-13(7-5-10)9-16-15(19)8-14-11(2)17-18-12(14)3/h4-7H,8-9H2,1-3H3,(H,16,19)(H,17,18). The highest BCUT2D eigenvalue weighted by Crippen LogP contribution is 2.10. The van der Waals surface area contributed by atoms with E-state index in [1.807, 2.05) is 45.0 Å². The molecular formula is C15H19N3O. The van der Waals surface area contributed by atoms with Crippen molar-refractivity contribution in [3.05, 3.63) is 52.3 Å². The molecule has 4 nitrogen and oxygen atoms in total. The molecule has 0 aliphatic carbocycles. The lowest BCUT2D eigenvalue weighted by molar-refractivity contribution is -0.120. The van der Waals surface area contributed by atoms with E-state index in [2.05, 4.69) is 15.5 Å². The number of carbonyl (C=O) groups excluding carboxylic acids is 1. The van der Waals surface area contributed by atoms with E-state index in [9.17, 15) is 4.79 Å².